The summed E-state index contributed by atoms with van der Waals surface area (Å²) in [6, 6.07) is 5.25. The molecule has 0 bridgehead atoms. The topological polar surface area (TPSA) is 46.5 Å². The number of ether oxygens (including phenoxy) is 1. The summed E-state index contributed by atoms with van der Waals surface area (Å²) in [6.45, 7) is -0.301. The van der Waals surface area contributed by atoms with Crippen LogP contribution < -0.4 is 4.74 Å². The van der Waals surface area contributed by atoms with Gasteiger partial charge in [0.25, 0.3) is 0 Å². The van der Waals surface area contributed by atoms with Gasteiger partial charge in [0.15, 0.2) is 11.6 Å². The van der Waals surface area contributed by atoms with Crippen molar-refractivity contribution in [3.8, 4) is 5.75 Å². The minimum absolute atomic E-state index is 0.187. The number of carboxylic acids is 1. The standard InChI is InChI=1S/C14H8BrF3O3/c15-9-4-11(17)13(18)12(5-9)21-6-7-1-8(14(19)20)3-10(16)2-7/h1-5H,6H2,(H,19,20). The molecule has 2 aromatic rings. The van der Waals surface area contributed by atoms with Gasteiger partial charge in [-0.15, -0.1) is 0 Å². The zero-order valence-corrected chi connectivity index (χ0v) is 12.0. The van der Waals surface area contributed by atoms with Gasteiger partial charge in [0.05, 0.1) is 5.56 Å². The van der Waals surface area contributed by atoms with Gasteiger partial charge in [-0.1, -0.05) is 15.9 Å². The molecule has 2 aromatic carbocycles. The van der Waals surface area contributed by atoms with Crippen LogP contribution in [0.5, 0.6) is 5.75 Å². The SMILES string of the molecule is O=C(O)c1cc(F)cc(COc2cc(Br)cc(F)c2F)c1. The fraction of sp³-hybridized carbons (Fsp3) is 0.0714. The molecule has 0 aliphatic carbocycles. The van der Waals surface area contributed by atoms with Crippen LogP contribution in [0.15, 0.2) is 34.8 Å². The molecule has 1 N–H and O–H groups in total. The van der Waals surface area contributed by atoms with Crippen LogP contribution in [0.2, 0.25) is 0 Å². The Kier molecular flexibility index (Phi) is 4.52. The predicted octanol–water partition coefficient (Wildman–Crippen LogP) is 4.14. The lowest BCUT2D eigenvalue weighted by Gasteiger charge is -2.09. The van der Waals surface area contributed by atoms with E-state index in [9.17, 15) is 18.0 Å². The molecule has 0 atom stereocenters. The van der Waals surface area contributed by atoms with Crippen LogP contribution in [0.25, 0.3) is 0 Å². The molecule has 0 heterocycles. The first-order valence-electron chi connectivity index (χ1n) is 5.67. The van der Waals surface area contributed by atoms with Crippen molar-refractivity contribution in [1.29, 1.82) is 0 Å². The third-order valence-electron chi connectivity index (χ3n) is 2.56. The van der Waals surface area contributed by atoms with E-state index in [1.165, 1.54) is 12.1 Å². The third-order valence-corrected chi connectivity index (χ3v) is 3.02. The number of rotatable bonds is 4. The summed E-state index contributed by atoms with van der Waals surface area (Å²) in [6.07, 6.45) is 0. The van der Waals surface area contributed by atoms with E-state index in [1.54, 1.807) is 0 Å². The summed E-state index contributed by atoms with van der Waals surface area (Å²) < 4.78 is 45.3. The Bertz CT molecular complexity index is 704. The normalized spacial score (nSPS) is 10.5. The van der Waals surface area contributed by atoms with Crippen molar-refractivity contribution in [2.45, 2.75) is 6.61 Å². The molecular weight excluding hydrogens is 353 g/mol. The molecular formula is C14H8BrF3O3. The molecule has 2 rings (SSSR count). The van der Waals surface area contributed by atoms with E-state index in [4.69, 9.17) is 9.84 Å². The Morgan fingerprint density at radius 2 is 1.86 bits per heavy atom. The van der Waals surface area contributed by atoms with Crippen LogP contribution in [0.4, 0.5) is 13.2 Å². The lowest BCUT2D eigenvalue weighted by Crippen LogP contribution is -2.03. The largest absolute Gasteiger partial charge is 0.486 e. The summed E-state index contributed by atoms with van der Waals surface area (Å²) in [7, 11) is 0. The molecule has 0 unspecified atom stereocenters. The van der Waals surface area contributed by atoms with Crippen molar-refractivity contribution in [2.24, 2.45) is 0 Å². The highest BCUT2D eigenvalue weighted by molar-refractivity contribution is 9.10. The molecule has 0 radical (unpaired) electrons. The smallest absolute Gasteiger partial charge is 0.335 e. The van der Waals surface area contributed by atoms with Gasteiger partial charge >= 0.3 is 5.97 Å². The Morgan fingerprint density at radius 1 is 1.14 bits per heavy atom. The zero-order valence-electron chi connectivity index (χ0n) is 10.4. The number of carbonyl (C=O) groups is 1. The van der Waals surface area contributed by atoms with Crippen LogP contribution in [-0.2, 0) is 6.61 Å². The maximum atomic E-state index is 13.5. The van der Waals surface area contributed by atoms with Gasteiger partial charge in [-0.05, 0) is 35.9 Å². The summed E-state index contributed by atoms with van der Waals surface area (Å²) in [5, 5.41) is 8.81. The maximum Gasteiger partial charge on any atom is 0.335 e. The van der Waals surface area contributed by atoms with Crippen molar-refractivity contribution >= 4 is 21.9 Å². The monoisotopic (exact) mass is 360 g/mol. The fourth-order valence-corrected chi connectivity index (χ4v) is 2.06. The van der Waals surface area contributed by atoms with Crippen LogP contribution in [-0.4, -0.2) is 11.1 Å². The van der Waals surface area contributed by atoms with E-state index < -0.39 is 23.4 Å². The van der Waals surface area contributed by atoms with Crippen molar-refractivity contribution < 1.29 is 27.8 Å². The average Bonchev–Trinajstić information content (AvgIpc) is 2.40. The van der Waals surface area contributed by atoms with Gasteiger partial charge in [0.2, 0.25) is 5.82 Å². The van der Waals surface area contributed by atoms with E-state index in [-0.39, 0.29) is 28.0 Å². The van der Waals surface area contributed by atoms with E-state index in [1.807, 2.05) is 0 Å². The van der Waals surface area contributed by atoms with Gasteiger partial charge in [-0.2, -0.15) is 4.39 Å². The summed E-state index contributed by atoms with van der Waals surface area (Å²) in [5.41, 5.74) is -0.0679. The van der Waals surface area contributed by atoms with Gasteiger partial charge in [-0.3, -0.25) is 0 Å². The summed E-state index contributed by atoms with van der Waals surface area (Å²) >= 11 is 2.99. The molecule has 0 aromatic heterocycles. The quantitative estimate of drug-likeness (QED) is 0.833. The number of hydrogen-bond acceptors (Lipinski definition) is 2. The van der Waals surface area contributed by atoms with E-state index in [0.717, 1.165) is 18.2 Å². The minimum atomic E-state index is -1.30. The second-order valence-corrected chi connectivity index (χ2v) is 5.06. The Hall–Kier alpha value is -2.02. The van der Waals surface area contributed by atoms with E-state index in [0.29, 0.717) is 0 Å². The van der Waals surface area contributed by atoms with Crippen LogP contribution in [0.1, 0.15) is 15.9 Å². The number of hydrogen-bond donors (Lipinski definition) is 1. The Balaban J connectivity index is 2.22. The summed E-state index contributed by atoms with van der Waals surface area (Å²) in [4.78, 5) is 10.8. The first kappa shape index (κ1) is 15.4. The highest BCUT2D eigenvalue weighted by atomic mass is 79.9. The van der Waals surface area contributed by atoms with Crippen LogP contribution in [0.3, 0.4) is 0 Å². The average molecular weight is 361 g/mol. The molecule has 0 amide bonds. The fourth-order valence-electron chi connectivity index (χ4n) is 1.66. The predicted molar refractivity (Wildman–Crippen MR) is 71.7 cm³/mol. The molecule has 21 heavy (non-hydrogen) atoms. The highest BCUT2D eigenvalue weighted by Gasteiger charge is 2.13. The van der Waals surface area contributed by atoms with Crippen LogP contribution in [0, 0.1) is 17.5 Å². The number of halogens is 4. The van der Waals surface area contributed by atoms with E-state index >= 15 is 0 Å². The maximum absolute atomic E-state index is 13.5. The first-order valence-corrected chi connectivity index (χ1v) is 6.46. The second-order valence-electron chi connectivity index (χ2n) is 4.14. The summed E-state index contributed by atoms with van der Waals surface area (Å²) in [5.74, 6) is -4.68. The van der Waals surface area contributed by atoms with Gasteiger partial charge in [-0.25, -0.2) is 13.6 Å². The molecule has 7 heteroatoms. The van der Waals surface area contributed by atoms with Crippen molar-refractivity contribution in [1.82, 2.24) is 0 Å². The highest BCUT2D eigenvalue weighted by Crippen LogP contribution is 2.26. The molecule has 0 saturated heterocycles. The minimum Gasteiger partial charge on any atom is -0.486 e. The first-order chi connectivity index (χ1) is 9.86. The molecule has 3 nitrogen and oxygen atoms in total. The number of aromatic carboxylic acids is 1. The third kappa shape index (κ3) is 3.75. The van der Waals surface area contributed by atoms with Gasteiger partial charge in [0.1, 0.15) is 12.4 Å². The molecule has 0 aliphatic heterocycles. The number of benzene rings is 2. The Labute approximate surface area is 126 Å². The Morgan fingerprint density at radius 3 is 2.52 bits per heavy atom. The molecule has 0 aliphatic rings. The lowest BCUT2D eigenvalue weighted by molar-refractivity contribution is 0.0696. The zero-order chi connectivity index (χ0) is 15.6. The molecule has 0 fully saturated rings. The molecule has 110 valence electrons. The second kappa shape index (κ2) is 6.17. The van der Waals surface area contributed by atoms with Crippen molar-refractivity contribution in [3.05, 3.63) is 63.4 Å². The van der Waals surface area contributed by atoms with Gasteiger partial charge in [0, 0.05) is 4.47 Å². The lowest BCUT2D eigenvalue weighted by atomic mass is 10.1. The van der Waals surface area contributed by atoms with Crippen molar-refractivity contribution in [2.75, 3.05) is 0 Å². The van der Waals surface area contributed by atoms with Gasteiger partial charge < -0.3 is 9.84 Å². The molecule has 0 spiro atoms. The van der Waals surface area contributed by atoms with Crippen molar-refractivity contribution in [3.63, 3.8) is 0 Å². The molecule has 0 saturated carbocycles. The van der Waals surface area contributed by atoms with E-state index in [2.05, 4.69) is 15.9 Å². The van der Waals surface area contributed by atoms with Crippen LogP contribution >= 0.6 is 15.9 Å². The number of carboxylic acid groups (broad SMARTS) is 1.